The molecule has 0 saturated carbocycles. The maximum absolute atomic E-state index is 14.1. The highest BCUT2D eigenvalue weighted by Crippen LogP contribution is 2.27. The molecule has 0 bridgehead atoms. The second kappa shape index (κ2) is 4.74. The molecule has 1 saturated heterocycles. The monoisotopic (exact) mass is 261 g/mol. The van der Waals surface area contributed by atoms with Crippen LogP contribution in [0.5, 0.6) is 0 Å². The topological polar surface area (TPSA) is 38.2 Å². The number of fused-ring (bicyclic) bond motifs is 1. The first-order valence-electron chi connectivity index (χ1n) is 6.45. The SMILES string of the molecule is C[C@@H]1CN(c2ncnc3cccc(F)c23)C[C@H](C)O1. The fourth-order valence-corrected chi connectivity index (χ4v) is 2.64. The largest absolute Gasteiger partial charge is 0.372 e. The third-order valence-electron chi connectivity index (χ3n) is 3.31. The Morgan fingerprint density at radius 1 is 1.21 bits per heavy atom. The molecule has 4 nitrogen and oxygen atoms in total. The fraction of sp³-hybridized carbons (Fsp3) is 0.429. The number of rotatable bonds is 1. The molecule has 2 aromatic rings. The van der Waals surface area contributed by atoms with E-state index in [0.29, 0.717) is 29.8 Å². The fourth-order valence-electron chi connectivity index (χ4n) is 2.64. The van der Waals surface area contributed by atoms with E-state index in [2.05, 4.69) is 14.9 Å². The Bertz CT molecular complexity index is 589. The summed E-state index contributed by atoms with van der Waals surface area (Å²) in [6.07, 6.45) is 1.71. The van der Waals surface area contributed by atoms with Gasteiger partial charge in [-0.05, 0) is 26.0 Å². The number of nitrogens with zero attached hydrogens (tertiary/aromatic N) is 3. The molecule has 3 rings (SSSR count). The van der Waals surface area contributed by atoms with Crippen LogP contribution in [0, 0.1) is 5.82 Å². The minimum Gasteiger partial charge on any atom is -0.372 e. The van der Waals surface area contributed by atoms with Crippen LogP contribution in [0.25, 0.3) is 10.9 Å². The Hall–Kier alpha value is -1.75. The lowest BCUT2D eigenvalue weighted by Gasteiger charge is -2.36. The number of ether oxygens (including phenoxy) is 1. The molecule has 5 heteroatoms. The number of benzene rings is 1. The molecule has 0 radical (unpaired) electrons. The van der Waals surface area contributed by atoms with Crippen LogP contribution in [-0.4, -0.2) is 35.3 Å². The Morgan fingerprint density at radius 3 is 2.68 bits per heavy atom. The van der Waals surface area contributed by atoms with E-state index in [0.717, 1.165) is 0 Å². The van der Waals surface area contributed by atoms with E-state index < -0.39 is 0 Å². The predicted octanol–water partition coefficient (Wildman–Crippen LogP) is 2.38. The molecule has 0 unspecified atom stereocenters. The van der Waals surface area contributed by atoms with Crippen molar-refractivity contribution in [3.8, 4) is 0 Å². The maximum atomic E-state index is 14.1. The second-order valence-corrected chi connectivity index (χ2v) is 4.99. The van der Waals surface area contributed by atoms with Crippen molar-refractivity contribution in [2.45, 2.75) is 26.1 Å². The van der Waals surface area contributed by atoms with Crippen molar-refractivity contribution in [3.63, 3.8) is 0 Å². The summed E-state index contributed by atoms with van der Waals surface area (Å²) < 4.78 is 19.8. The van der Waals surface area contributed by atoms with Crippen LogP contribution in [0.4, 0.5) is 10.2 Å². The summed E-state index contributed by atoms with van der Waals surface area (Å²) >= 11 is 0. The van der Waals surface area contributed by atoms with Crippen LogP contribution in [0.1, 0.15) is 13.8 Å². The first-order valence-corrected chi connectivity index (χ1v) is 6.45. The minimum absolute atomic E-state index is 0.112. The summed E-state index contributed by atoms with van der Waals surface area (Å²) in [7, 11) is 0. The zero-order chi connectivity index (χ0) is 13.4. The quantitative estimate of drug-likeness (QED) is 0.790. The van der Waals surface area contributed by atoms with E-state index >= 15 is 0 Å². The van der Waals surface area contributed by atoms with E-state index in [1.165, 1.54) is 12.4 Å². The molecular formula is C14H16FN3O. The van der Waals surface area contributed by atoms with E-state index in [1.807, 2.05) is 13.8 Å². The van der Waals surface area contributed by atoms with Gasteiger partial charge in [0, 0.05) is 13.1 Å². The Balaban J connectivity index is 2.09. The van der Waals surface area contributed by atoms with Crippen LogP contribution in [0.3, 0.4) is 0 Å². The minimum atomic E-state index is -0.278. The van der Waals surface area contributed by atoms with Gasteiger partial charge in [0.25, 0.3) is 0 Å². The van der Waals surface area contributed by atoms with Crippen LogP contribution in [0.15, 0.2) is 24.5 Å². The van der Waals surface area contributed by atoms with Gasteiger partial charge in [0.1, 0.15) is 18.0 Å². The van der Waals surface area contributed by atoms with Crippen molar-refractivity contribution in [2.75, 3.05) is 18.0 Å². The number of hydrogen-bond acceptors (Lipinski definition) is 4. The van der Waals surface area contributed by atoms with E-state index in [1.54, 1.807) is 12.1 Å². The first kappa shape index (κ1) is 12.3. The van der Waals surface area contributed by atoms with Gasteiger partial charge in [-0.2, -0.15) is 0 Å². The number of aromatic nitrogens is 2. The van der Waals surface area contributed by atoms with E-state index in [9.17, 15) is 4.39 Å². The lowest BCUT2D eigenvalue weighted by molar-refractivity contribution is -0.00538. The normalized spacial score (nSPS) is 23.8. The van der Waals surface area contributed by atoms with Gasteiger partial charge < -0.3 is 9.64 Å². The average molecular weight is 261 g/mol. The van der Waals surface area contributed by atoms with E-state index in [-0.39, 0.29) is 18.0 Å². The molecule has 19 heavy (non-hydrogen) atoms. The van der Waals surface area contributed by atoms with Gasteiger partial charge in [-0.25, -0.2) is 14.4 Å². The zero-order valence-electron chi connectivity index (χ0n) is 11.0. The highest BCUT2D eigenvalue weighted by molar-refractivity contribution is 5.89. The molecule has 0 N–H and O–H groups in total. The van der Waals surface area contributed by atoms with Gasteiger partial charge in [0.2, 0.25) is 0 Å². The van der Waals surface area contributed by atoms with Crippen LogP contribution < -0.4 is 4.90 Å². The molecule has 0 spiro atoms. The van der Waals surface area contributed by atoms with E-state index in [4.69, 9.17) is 4.74 Å². The Kier molecular flexibility index (Phi) is 3.06. The molecule has 1 fully saturated rings. The summed E-state index contributed by atoms with van der Waals surface area (Å²) in [6.45, 7) is 5.46. The summed E-state index contributed by atoms with van der Waals surface area (Å²) in [4.78, 5) is 10.5. The van der Waals surface area contributed by atoms with Gasteiger partial charge in [-0.1, -0.05) is 6.07 Å². The summed E-state index contributed by atoms with van der Waals surface area (Å²) in [5, 5.41) is 0.492. The summed E-state index contributed by atoms with van der Waals surface area (Å²) in [5.74, 6) is 0.380. The summed E-state index contributed by atoms with van der Waals surface area (Å²) in [5.41, 5.74) is 0.636. The highest BCUT2D eigenvalue weighted by atomic mass is 19.1. The Morgan fingerprint density at radius 2 is 1.95 bits per heavy atom. The third kappa shape index (κ3) is 2.26. The first-order chi connectivity index (χ1) is 9.15. The summed E-state index contributed by atoms with van der Waals surface area (Å²) in [6, 6.07) is 4.92. The highest BCUT2D eigenvalue weighted by Gasteiger charge is 2.25. The number of morpholine rings is 1. The molecule has 2 atom stereocenters. The van der Waals surface area contributed by atoms with Gasteiger partial charge in [0.05, 0.1) is 23.1 Å². The molecule has 2 heterocycles. The van der Waals surface area contributed by atoms with Crippen molar-refractivity contribution in [1.82, 2.24) is 9.97 Å². The lowest BCUT2D eigenvalue weighted by Crippen LogP contribution is -2.46. The molecule has 0 amide bonds. The molecule has 1 aromatic carbocycles. The van der Waals surface area contributed by atoms with Crippen molar-refractivity contribution in [1.29, 1.82) is 0 Å². The zero-order valence-corrected chi connectivity index (χ0v) is 11.0. The average Bonchev–Trinajstić information content (AvgIpc) is 2.37. The van der Waals surface area contributed by atoms with Crippen LogP contribution >= 0.6 is 0 Å². The van der Waals surface area contributed by atoms with Gasteiger partial charge in [-0.3, -0.25) is 0 Å². The number of anilines is 1. The van der Waals surface area contributed by atoms with Crippen molar-refractivity contribution in [2.24, 2.45) is 0 Å². The van der Waals surface area contributed by atoms with Crippen molar-refractivity contribution >= 4 is 16.7 Å². The second-order valence-electron chi connectivity index (χ2n) is 4.99. The maximum Gasteiger partial charge on any atom is 0.143 e. The molecule has 100 valence electrons. The molecule has 1 aliphatic rings. The smallest absolute Gasteiger partial charge is 0.143 e. The molecule has 1 aliphatic heterocycles. The van der Waals surface area contributed by atoms with Gasteiger partial charge >= 0.3 is 0 Å². The predicted molar refractivity (Wildman–Crippen MR) is 71.7 cm³/mol. The standard InChI is InChI=1S/C14H16FN3O/c1-9-6-18(7-10(2)19-9)14-13-11(15)4-3-5-12(13)16-8-17-14/h3-5,8-10H,6-7H2,1-2H3/t9-,10+. The van der Waals surface area contributed by atoms with Crippen LogP contribution in [0.2, 0.25) is 0 Å². The van der Waals surface area contributed by atoms with Gasteiger partial charge in [0.15, 0.2) is 0 Å². The van der Waals surface area contributed by atoms with Crippen LogP contribution in [-0.2, 0) is 4.74 Å². The molecule has 0 aliphatic carbocycles. The third-order valence-corrected chi connectivity index (χ3v) is 3.31. The Labute approximate surface area is 111 Å². The molecular weight excluding hydrogens is 245 g/mol. The van der Waals surface area contributed by atoms with Gasteiger partial charge in [-0.15, -0.1) is 0 Å². The molecule has 1 aromatic heterocycles. The number of halogens is 1. The lowest BCUT2D eigenvalue weighted by atomic mass is 10.1. The van der Waals surface area contributed by atoms with Crippen molar-refractivity contribution in [3.05, 3.63) is 30.3 Å². The number of hydrogen-bond donors (Lipinski definition) is 0. The van der Waals surface area contributed by atoms with Crippen molar-refractivity contribution < 1.29 is 9.13 Å².